The highest BCUT2D eigenvalue weighted by Crippen LogP contribution is 2.61. The molecule has 0 radical (unpaired) electrons. The van der Waals surface area contributed by atoms with Gasteiger partial charge in [-0.25, -0.2) is 13.7 Å². The zero-order valence-corrected chi connectivity index (χ0v) is 32.3. The van der Waals surface area contributed by atoms with Gasteiger partial charge in [0.1, 0.15) is 48.2 Å². The highest BCUT2D eigenvalue weighted by atomic mass is 32.2. The number of aromatic nitrogens is 2. The number of hydrogen-bond donors (Lipinski definition) is 9. The fourth-order valence-electron chi connectivity index (χ4n) is 4.81. The van der Waals surface area contributed by atoms with E-state index in [1.165, 1.54) is 39.3 Å². The lowest BCUT2D eigenvalue weighted by Crippen LogP contribution is -2.57. The summed E-state index contributed by atoms with van der Waals surface area (Å²) in [5.41, 5.74) is -4.08. The van der Waals surface area contributed by atoms with E-state index in [1.807, 2.05) is 4.98 Å². The molecule has 3 rings (SSSR count). The van der Waals surface area contributed by atoms with Crippen LogP contribution in [0.1, 0.15) is 47.8 Å². The molecule has 0 saturated carbocycles. The Morgan fingerprint density at radius 2 is 1.31 bits per heavy atom. The molecule has 0 aliphatic carbocycles. The monoisotopic (exact) mass is 798 g/mol. The largest absolute Gasteiger partial charge is 0.479 e. The zero-order chi connectivity index (χ0) is 39.1. The third-order valence-electron chi connectivity index (χ3n) is 8.03. The molecule has 2 unspecified atom stereocenters. The van der Waals surface area contributed by atoms with Crippen LogP contribution in [0, 0.1) is 0 Å². The second-order valence-electron chi connectivity index (χ2n) is 11.3. The maximum absolute atomic E-state index is 12.3. The van der Waals surface area contributed by atoms with Gasteiger partial charge in [-0.3, -0.25) is 23.4 Å². The van der Waals surface area contributed by atoms with Gasteiger partial charge in [0.25, 0.3) is 5.56 Å². The summed E-state index contributed by atoms with van der Waals surface area (Å²) in [5, 5.41) is 59.0. The van der Waals surface area contributed by atoms with Gasteiger partial charge in [-0.2, -0.15) is 0 Å². The van der Waals surface area contributed by atoms with Gasteiger partial charge in [-0.15, -0.1) is 11.8 Å². The van der Waals surface area contributed by atoms with Crippen molar-refractivity contribution in [1.82, 2.24) is 19.4 Å². The molecular formula is C28H56N4O16P2S. The fourth-order valence-corrected chi connectivity index (χ4v) is 9.16. The van der Waals surface area contributed by atoms with E-state index in [0.29, 0.717) is 11.8 Å². The van der Waals surface area contributed by atoms with Crippen LogP contribution < -0.4 is 11.2 Å². The molecule has 1 aromatic heterocycles. The van der Waals surface area contributed by atoms with E-state index in [0.717, 1.165) is 16.8 Å². The van der Waals surface area contributed by atoms with Crippen molar-refractivity contribution in [3.8, 4) is 0 Å². The summed E-state index contributed by atoms with van der Waals surface area (Å²) in [6.45, 7) is 18.6. The second-order valence-corrected chi connectivity index (χ2v) is 16.2. The first-order valence-electron chi connectivity index (χ1n) is 16.6. The molecule has 11 atom stereocenters. The number of phosphoric ester groups is 1. The molecule has 51 heavy (non-hydrogen) atoms. The van der Waals surface area contributed by atoms with Crippen LogP contribution in [0.2, 0.25) is 0 Å². The van der Waals surface area contributed by atoms with E-state index < -0.39 is 99.8 Å². The topological polar surface area (TPSA) is 294 Å². The van der Waals surface area contributed by atoms with Crippen LogP contribution in [0.4, 0.5) is 0 Å². The smallest absolute Gasteiger partial charge is 0.394 e. The lowest BCUT2D eigenvalue weighted by molar-refractivity contribution is -0.205. The Balaban J connectivity index is 0.000000780. The third kappa shape index (κ3) is 15.3. The molecule has 0 bridgehead atoms. The van der Waals surface area contributed by atoms with Gasteiger partial charge in [0.15, 0.2) is 6.23 Å². The van der Waals surface area contributed by atoms with Gasteiger partial charge in [0.05, 0.1) is 18.7 Å². The Kier molecular flexibility index (Phi) is 21.6. The van der Waals surface area contributed by atoms with Crippen molar-refractivity contribution in [3.05, 3.63) is 33.1 Å². The molecule has 0 spiro atoms. The zero-order valence-electron chi connectivity index (χ0n) is 29.7. The number of aliphatic hydroxyl groups excluding tert-OH is 6. The van der Waals surface area contributed by atoms with Crippen LogP contribution in [0.5, 0.6) is 0 Å². The quantitative estimate of drug-likeness (QED) is 0.0875. The van der Waals surface area contributed by atoms with Crippen molar-refractivity contribution in [1.29, 1.82) is 0 Å². The van der Waals surface area contributed by atoms with E-state index in [2.05, 4.69) is 60.2 Å². The predicted octanol–water partition coefficient (Wildman–Crippen LogP) is -1.34. The standard InChI is InChI=1S/C16H26N2O16P2S.2C6H15N/c19-3-6-9(21)11(23)13(25)15(33-6)37-5-35(27,28)34-36(29,30)31-4-7-10(22)12(24)14(32-7)18-2-1-8(20)17-16(18)26;2*1-4-7(5-2)6-3/h1-2,6-7,9-15,19,21-25H,3-5H2,(H,27,28)(H,29,30)(H,17,20,26);2*4-6H2,1-3H3/t6-,7-,9-,10-,11+,12-,13-,14-,15+;;/m1../s1. The van der Waals surface area contributed by atoms with Gasteiger partial charge in [0.2, 0.25) is 0 Å². The number of H-pyrrole nitrogens is 1. The minimum absolute atomic E-state index is 0.387. The molecule has 23 heteroatoms. The van der Waals surface area contributed by atoms with Crippen molar-refractivity contribution >= 4 is 27.2 Å². The number of nitrogens with one attached hydrogen (secondary N) is 1. The molecule has 2 aliphatic heterocycles. The van der Waals surface area contributed by atoms with Crippen molar-refractivity contribution in [2.45, 2.75) is 95.9 Å². The second kappa shape index (κ2) is 23.0. The number of ether oxygens (including phenoxy) is 2. The molecule has 1 aromatic rings. The van der Waals surface area contributed by atoms with Crippen LogP contribution in [0.3, 0.4) is 0 Å². The number of rotatable bonds is 16. The molecule has 300 valence electrons. The maximum atomic E-state index is 12.3. The van der Waals surface area contributed by atoms with E-state index in [9.17, 15) is 59.1 Å². The number of aromatic amines is 1. The Hall–Kier alpha value is -1.07. The predicted molar refractivity (Wildman–Crippen MR) is 187 cm³/mol. The highest BCUT2D eigenvalue weighted by Gasteiger charge is 2.47. The lowest BCUT2D eigenvalue weighted by atomic mass is 10.0. The average molecular weight is 799 g/mol. The molecule has 20 nitrogen and oxygen atoms in total. The lowest BCUT2D eigenvalue weighted by Gasteiger charge is -2.39. The Morgan fingerprint density at radius 3 is 1.76 bits per heavy atom. The Morgan fingerprint density at radius 1 is 0.804 bits per heavy atom. The summed E-state index contributed by atoms with van der Waals surface area (Å²) in [6, 6.07) is 0.949. The van der Waals surface area contributed by atoms with Gasteiger partial charge in [-0.1, -0.05) is 41.5 Å². The van der Waals surface area contributed by atoms with Crippen molar-refractivity contribution in [2.24, 2.45) is 0 Å². The summed E-state index contributed by atoms with van der Waals surface area (Å²) in [5.74, 6) is 0. The summed E-state index contributed by atoms with van der Waals surface area (Å²) < 4.78 is 44.6. The highest BCUT2D eigenvalue weighted by molar-refractivity contribution is 8.05. The number of nitrogens with zero attached hydrogens (tertiary/aromatic N) is 3. The van der Waals surface area contributed by atoms with Gasteiger partial charge in [-0.05, 0) is 39.3 Å². The first kappa shape index (κ1) is 48.0. The van der Waals surface area contributed by atoms with Crippen LogP contribution >= 0.6 is 27.2 Å². The normalized spacial score (nSPS) is 30.2. The Bertz CT molecular complexity index is 1330. The van der Waals surface area contributed by atoms with Crippen LogP contribution in [0.25, 0.3) is 0 Å². The van der Waals surface area contributed by atoms with E-state index in [4.69, 9.17) is 9.47 Å². The number of hydrogen-bond acceptors (Lipinski definition) is 17. The van der Waals surface area contributed by atoms with Gasteiger partial charge < -0.3 is 59.7 Å². The fraction of sp³-hybridized carbons (Fsp3) is 0.857. The molecule has 2 aliphatic rings. The summed E-state index contributed by atoms with van der Waals surface area (Å²) >= 11 is 0.387. The van der Waals surface area contributed by atoms with E-state index >= 15 is 0 Å². The third-order valence-corrected chi connectivity index (χ3v) is 13.0. The van der Waals surface area contributed by atoms with Crippen molar-refractivity contribution in [2.75, 3.05) is 58.0 Å². The van der Waals surface area contributed by atoms with Gasteiger partial charge in [0, 0.05) is 12.3 Å². The minimum Gasteiger partial charge on any atom is -0.394 e. The molecular weight excluding hydrogens is 742 g/mol. The molecule has 0 amide bonds. The molecule has 2 fully saturated rings. The summed E-state index contributed by atoms with van der Waals surface area (Å²) in [7, 11) is -10.2. The molecule has 3 heterocycles. The first-order valence-corrected chi connectivity index (χ1v) is 20.9. The van der Waals surface area contributed by atoms with Crippen molar-refractivity contribution in [3.63, 3.8) is 0 Å². The minimum atomic E-state index is -5.29. The molecule has 0 aromatic carbocycles. The molecule has 9 N–H and O–H groups in total. The molecule has 2 saturated heterocycles. The Labute approximate surface area is 301 Å². The van der Waals surface area contributed by atoms with E-state index in [1.54, 1.807) is 0 Å². The van der Waals surface area contributed by atoms with Crippen LogP contribution in [0.15, 0.2) is 21.9 Å². The number of thioether (sulfide) groups is 1. The summed E-state index contributed by atoms with van der Waals surface area (Å²) in [6.07, 6.45) is -11.9. The number of aliphatic hydroxyl groups is 6. The average Bonchev–Trinajstić information content (AvgIpc) is 3.36. The SMILES string of the molecule is CCN(CC)CC.CCN(CC)CC.O=c1ccn([C@@H]2O[C@H](COP(=O)(O)OP(=O)(O)CS[C@@H]3O[C@H](CO)[C@@H](O)[C@H](O)[C@H]3O)[C@@H](O)[C@H]2O)c(=O)[nH]1. The van der Waals surface area contributed by atoms with Crippen LogP contribution in [-0.2, 0) is 27.4 Å². The van der Waals surface area contributed by atoms with E-state index in [-0.39, 0.29) is 0 Å². The maximum Gasteiger partial charge on any atom is 0.479 e. The number of phosphoric acid groups is 1. The van der Waals surface area contributed by atoms with Crippen LogP contribution in [-0.4, -0.2) is 166 Å². The summed E-state index contributed by atoms with van der Waals surface area (Å²) in [4.78, 5) is 49.6. The first-order chi connectivity index (χ1) is 23.8. The van der Waals surface area contributed by atoms with Gasteiger partial charge >= 0.3 is 21.1 Å². The van der Waals surface area contributed by atoms with Crippen molar-refractivity contribution < 1.29 is 67.9 Å².